The fourth-order valence-electron chi connectivity index (χ4n) is 1.97. The molecule has 0 aromatic carbocycles. The molecule has 1 heterocycles. The molecular formula is C9H13NO3. The highest BCUT2D eigenvalue weighted by Gasteiger charge is 2.59. The number of rotatable bonds is 2. The molecule has 0 saturated carbocycles. The predicted molar refractivity (Wildman–Crippen MR) is 46.1 cm³/mol. The number of esters is 1. The summed E-state index contributed by atoms with van der Waals surface area (Å²) in [6, 6.07) is 0.437. The van der Waals surface area contributed by atoms with Crippen LogP contribution in [0.25, 0.3) is 0 Å². The van der Waals surface area contributed by atoms with Crippen molar-refractivity contribution >= 4 is 5.97 Å². The lowest BCUT2D eigenvalue weighted by molar-refractivity contribution is -0.146. The summed E-state index contributed by atoms with van der Waals surface area (Å²) in [6.45, 7) is 1.40. The summed E-state index contributed by atoms with van der Waals surface area (Å²) in [6.07, 6.45) is 3.68. The molecule has 1 aliphatic carbocycles. The molecule has 4 heteroatoms. The molecule has 2 aliphatic rings. The average Bonchev–Trinajstić information content (AvgIpc) is 2.55. The molecule has 1 aliphatic heterocycles. The van der Waals surface area contributed by atoms with E-state index in [1.54, 1.807) is 6.08 Å². The number of fused-ring (bicyclic) bond motifs is 1. The van der Waals surface area contributed by atoms with Gasteiger partial charge in [-0.25, -0.2) is 0 Å². The third-order valence-electron chi connectivity index (χ3n) is 2.74. The Morgan fingerprint density at radius 2 is 2.46 bits per heavy atom. The summed E-state index contributed by atoms with van der Waals surface area (Å²) in [4.78, 5) is 12.6. The molecule has 1 unspecified atom stereocenters. The zero-order valence-electron chi connectivity index (χ0n) is 7.73. The van der Waals surface area contributed by atoms with E-state index < -0.39 is 5.60 Å². The molecule has 1 N–H and O–H groups in total. The van der Waals surface area contributed by atoms with Crippen LogP contribution in [0.3, 0.4) is 0 Å². The maximum absolute atomic E-state index is 10.6. The smallest absolute Gasteiger partial charge is 0.302 e. The van der Waals surface area contributed by atoms with Crippen LogP contribution in [0.2, 0.25) is 0 Å². The van der Waals surface area contributed by atoms with Crippen LogP contribution < -0.4 is 0 Å². The van der Waals surface area contributed by atoms with Gasteiger partial charge in [-0.1, -0.05) is 12.2 Å². The molecule has 1 fully saturated rings. The third kappa shape index (κ3) is 1.26. The molecule has 0 aromatic rings. The van der Waals surface area contributed by atoms with Gasteiger partial charge in [0.15, 0.2) is 0 Å². The molecule has 0 aromatic heterocycles. The first kappa shape index (κ1) is 8.72. The van der Waals surface area contributed by atoms with Crippen molar-refractivity contribution in [3.63, 3.8) is 0 Å². The van der Waals surface area contributed by atoms with Gasteiger partial charge in [-0.2, -0.15) is 0 Å². The Kier molecular flexibility index (Phi) is 1.72. The summed E-state index contributed by atoms with van der Waals surface area (Å²) >= 11 is 0. The maximum Gasteiger partial charge on any atom is 0.302 e. The maximum atomic E-state index is 10.6. The highest BCUT2D eigenvalue weighted by molar-refractivity contribution is 5.66. The largest absolute Gasteiger partial charge is 0.462 e. The summed E-state index contributed by atoms with van der Waals surface area (Å²) < 4.78 is 4.81. The number of ether oxygens (including phenoxy) is 1. The van der Waals surface area contributed by atoms with E-state index in [1.165, 1.54) is 6.92 Å². The number of aliphatic hydroxyl groups is 1. The normalized spacial score (nSPS) is 45.9. The lowest BCUT2D eigenvalue weighted by atomic mass is 10.0. The predicted octanol–water partition coefficient (Wildman–Crippen LogP) is -0.467. The second-order valence-corrected chi connectivity index (χ2v) is 3.73. The minimum Gasteiger partial charge on any atom is -0.462 e. The number of hydrogen-bond donors (Lipinski definition) is 1. The van der Waals surface area contributed by atoms with Gasteiger partial charge in [0.2, 0.25) is 0 Å². The van der Waals surface area contributed by atoms with Crippen molar-refractivity contribution in [2.24, 2.45) is 0 Å². The van der Waals surface area contributed by atoms with Crippen molar-refractivity contribution in [1.29, 1.82) is 0 Å². The molecule has 13 heavy (non-hydrogen) atoms. The van der Waals surface area contributed by atoms with E-state index in [2.05, 4.69) is 0 Å². The van der Waals surface area contributed by atoms with Crippen LogP contribution in [-0.2, 0) is 9.53 Å². The van der Waals surface area contributed by atoms with E-state index in [9.17, 15) is 9.90 Å². The SMILES string of the molecule is CC(=O)OC[C@@]1(O)C=C[C@@H]2[C@H]1N2C. The fraction of sp³-hybridized carbons (Fsp3) is 0.667. The van der Waals surface area contributed by atoms with E-state index in [4.69, 9.17) is 4.74 Å². The van der Waals surface area contributed by atoms with Crippen LogP contribution in [0.5, 0.6) is 0 Å². The fourth-order valence-corrected chi connectivity index (χ4v) is 1.97. The number of carbonyl (C=O) groups excluding carboxylic acids is 1. The zero-order valence-corrected chi connectivity index (χ0v) is 7.73. The van der Waals surface area contributed by atoms with Crippen molar-refractivity contribution in [2.45, 2.75) is 24.6 Å². The molecule has 1 saturated heterocycles. The van der Waals surface area contributed by atoms with Crippen LogP contribution in [0, 0.1) is 0 Å². The molecule has 2 rings (SSSR count). The van der Waals surface area contributed by atoms with E-state index in [1.807, 2.05) is 18.0 Å². The summed E-state index contributed by atoms with van der Waals surface area (Å²) in [7, 11) is 1.94. The molecule has 0 amide bonds. The van der Waals surface area contributed by atoms with Crippen LogP contribution in [0.4, 0.5) is 0 Å². The van der Waals surface area contributed by atoms with Crippen LogP contribution >= 0.6 is 0 Å². The minimum absolute atomic E-state index is 0.0599. The van der Waals surface area contributed by atoms with Crippen molar-refractivity contribution in [3.8, 4) is 0 Å². The molecule has 0 spiro atoms. The van der Waals surface area contributed by atoms with Crippen LogP contribution in [-0.4, -0.2) is 47.3 Å². The standard InChI is InChI=1S/C9H13NO3/c1-6(11)13-5-9(12)4-3-7-8(9)10(7)2/h3-4,7-8,12H,5H2,1-2H3/t7-,8-,9+,10?/m1/s1. The molecular weight excluding hydrogens is 170 g/mol. The van der Waals surface area contributed by atoms with Gasteiger partial charge in [0.25, 0.3) is 0 Å². The van der Waals surface area contributed by atoms with Crippen molar-refractivity contribution in [3.05, 3.63) is 12.2 Å². The molecule has 0 radical (unpaired) electrons. The van der Waals surface area contributed by atoms with Gasteiger partial charge in [-0.3, -0.25) is 9.69 Å². The summed E-state index contributed by atoms with van der Waals surface area (Å²) in [5.74, 6) is -0.353. The Morgan fingerprint density at radius 3 is 2.92 bits per heavy atom. The number of hydrogen-bond acceptors (Lipinski definition) is 4. The van der Waals surface area contributed by atoms with Gasteiger partial charge in [0.05, 0.1) is 6.04 Å². The second kappa shape index (κ2) is 2.56. The van der Waals surface area contributed by atoms with Crippen LogP contribution in [0.15, 0.2) is 12.2 Å². The van der Waals surface area contributed by atoms with E-state index in [0.717, 1.165) is 0 Å². The topological polar surface area (TPSA) is 49.5 Å². The van der Waals surface area contributed by atoms with Gasteiger partial charge < -0.3 is 9.84 Å². The first-order valence-corrected chi connectivity index (χ1v) is 4.32. The first-order chi connectivity index (χ1) is 6.04. The third-order valence-corrected chi connectivity index (χ3v) is 2.74. The Labute approximate surface area is 76.8 Å². The van der Waals surface area contributed by atoms with Crippen molar-refractivity contribution < 1.29 is 14.6 Å². The lowest BCUT2D eigenvalue weighted by Gasteiger charge is -2.21. The first-order valence-electron chi connectivity index (χ1n) is 4.32. The molecule has 72 valence electrons. The van der Waals surface area contributed by atoms with Gasteiger partial charge in [0, 0.05) is 13.0 Å². The molecule has 4 atom stereocenters. The van der Waals surface area contributed by atoms with E-state index in [0.29, 0.717) is 6.04 Å². The highest BCUT2D eigenvalue weighted by atomic mass is 16.5. The molecule has 4 nitrogen and oxygen atoms in total. The van der Waals surface area contributed by atoms with E-state index in [-0.39, 0.29) is 18.6 Å². The average molecular weight is 183 g/mol. The zero-order chi connectivity index (χ0) is 9.64. The van der Waals surface area contributed by atoms with Crippen molar-refractivity contribution in [2.75, 3.05) is 13.7 Å². The summed E-state index contributed by atoms with van der Waals surface area (Å²) in [5.41, 5.74) is -0.967. The number of nitrogens with zero attached hydrogens (tertiary/aromatic N) is 1. The Bertz CT molecular complexity index is 276. The minimum atomic E-state index is -0.967. The van der Waals surface area contributed by atoms with Gasteiger partial charge in [0.1, 0.15) is 12.2 Å². The van der Waals surface area contributed by atoms with Crippen molar-refractivity contribution in [1.82, 2.24) is 4.90 Å². The summed E-state index contributed by atoms with van der Waals surface area (Å²) in [5, 5.41) is 10.0. The van der Waals surface area contributed by atoms with Gasteiger partial charge >= 0.3 is 5.97 Å². The number of likely N-dealkylation sites (N-methyl/N-ethyl adjacent to an activating group) is 1. The van der Waals surface area contributed by atoms with E-state index >= 15 is 0 Å². The van der Waals surface area contributed by atoms with Gasteiger partial charge in [-0.05, 0) is 7.05 Å². The Balaban J connectivity index is 1.98. The number of carbonyl (C=O) groups is 1. The van der Waals surface area contributed by atoms with Crippen LogP contribution in [0.1, 0.15) is 6.92 Å². The Morgan fingerprint density at radius 1 is 1.77 bits per heavy atom. The quantitative estimate of drug-likeness (QED) is 0.357. The highest BCUT2D eigenvalue weighted by Crippen LogP contribution is 2.42. The lowest BCUT2D eigenvalue weighted by Crippen LogP contribution is -2.39. The Hall–Kier alpha value is -0.870. The van der Waals surface area contributed by atoms with Gasteiger partial charge in [-0.15, -0.1) is 0 Å². The monoisotopic (exact) mass is 183 g/mol. The molecule has 0 bridgehead atoms. The second-order valence-electron chi connectivity index (χ2n) is 3.73.